The fourth-order valence-corrected chi connectivity index (χ4v) is 2.60. The summed E-state index contributed by atoms with van der Waals surface area (Å²) in [6.45, 7) is 8.72. The number of allylic oxidation sites excluding steroid dienone is 2. The Balaban J connectivity index is 0.000000452. The van der Waals surface area contributed by atoms with Gasteiger partial charge in [0.2, 0.25) is 0 Å². The zero-order valence-corrected chi connectivity index (χ0v) is 11.9. The van der Waals surface area contributed by atoms with Gasteiger partial charge in [0, 0.05) is 0 Å². The van der Waals surface area contributed by atoms with Crippen LogP contribution in [0.15, 0.2) is 67.5 Å². The summed E-state index contributed by atoms with van der Waals surface area (Å²) in [4.78, 5) is 0. The Morgan fingerprint density at radius 3 is 2.50 bits per heavy atom. The van der Waals surface area contributed by atoms with Gasteiger partial charge in [-0.2, -0.15) is 0 Å². The molecule has 0 unspecified atom stereocenters. The lowest BCUT2D eigenvalue weighted by Crippen LogP contribution is -2.06. The van der Waals surface area contributed by atoms with Crippen LogP contribution < -0.4 is 5.11 Å². The molecular weight excluding hydrogens is 244 g/mol. The first-order valence-electron chi connectivity index (χ1n) is 6.78. The smallest absolute Gasteiger partial charge is 0.00106 e. The maximum Gasteiger partial charge on any atom is -0.00106 e. The van der Waals surface area contributed by atoms with E-state index in [9.17, 15) is 5.11 Å². The summed E-state index contributed by atoms with van der Waals surface area (Å²) < 4.78 is 0. The maximum absolute atomic E-state index is 11.2. The normalized spacial score (nSPS) is 10.8. The largest absolute Gasteiger partial charge is 0.876 e. The third-order valence-electron chi connectivity index (χ3n) is 3.34. The summed E-state index contributed by atoms with van der Waals surface area (Å²) in [5.41, 5.74) is 6.36. The predicted octanol–water partition coefficient (Wildman–Crippen LogP) is 3.87. The van der Waals surface area contributed by atoms with Gasteiger partial charge in [-0.1, -0.05) is 48.5 Å². The first-order chi connectivity index (χ1) is 9.67. The Morgan fingerprint density at radius 1 is 1.15 bits per heavy atom. The highest BCUT2D eigenvalue weighted by Crippen LogP contribution is 2.38. The highest BCUT2D eigenvalue weighted by molar-refractivity contribution is 5.77. The second-order valence-electron chi connectivity index (χ2n) is 4.90. The Bertz CT molecular complexity index is 638. The van der Waals surface area contributed by atoms with Gasteiger partial charge in [-0.05, 0) is 47.6 Å². The second-order valence-corrected chi connectivity index (χ2v) is 4.90. The first-order valence-corrected chi connectivity index (χ1v) is 6.78. The zero-order valence-electron chi connectivity index (χ0n) is 11.9. The zero-order chi connectivity index (χ0) is 14.5. The van der Waals surface area contributed by atoms with E-state index >= 15 is 0 Å². The van der Waals surface area contributed by atoms with Crippen molar-refractivity contribution in [1.29, 1.82) is 0 Å². The van der Waals surface area contributed by atoms with Gasteiger partial charge < -0.3 is 5.11 Å². The van der Waals surface area contributed by atoms with E-state index in [2.05, 4.69) is 43.5 Å². The molecule has 0 spiro atoms. The molecule has 20 heavy (non-hydrogen) atoms. The molecule has 1 nitrogen and oxygen atoms in total. The molecule has 0 amide bonds. The third-order valence-corrected chi connectivity index (χ3v) is 3.34. The number of hydrogen-bond acceptors (Lipinski definition) is 1. The summed E-state index contributed by atoms with van der Waals surface area (Å²) in [6, 6.07) is 14.6. The summed E-state index contributed by atoms with van der Waals surface area (Å²) >= 11 is 0. The molecule has 0 atom stereocenters. The molecular formula is C19H19O-. The van der Waals surface area contributed by atoms with Crippen molar-refractivity contribution in [1.82, 2.24) is 0 Å². The van der Waals surface area contributed by atoms with Crippen molar-refractivity contribution in [3.63, 3.8) is 0 Å². The Labute approximate surface area is 120 Å². The van der Waals surface area contributed by atoms with Crippen LogP contribution in [0.5, 0.6) is 0 Å². The van der Waals surface area contributed by atoms with Crippen LogP contribution in [0.1, 0.15) is 23.6 Å². The number of fused-ring (bicyclic) bond motifs is 3. The van der Waals surface area contributed by atoms with Crippen LogP contribution in [0.3, 0.4) is 0 Å². The third kappa shape index (κ3) is 2.83. The topological polar surface area (TPSA) is 23.1 Å². The summed E-state index contributed by atoms with van der Waals surface area (Å²) in [7, 11) is 0. The van der Waals surface area contributed by atoms with Gasteiger partial charge >= 0.3 is 0 Å². The van der Waals surface area contributed by atoms with Gasteiger partial charge in [0.15, 0.2) is 0 Å². The molecule has 2 aromatic carbocycles. The Morgan fingerprint density at radius 2 is 1.80 bits per heavy atom. The van der Waals surface area contributed by atoms with Gasteiger partial charge in [0.1, 0.15) is 0 Å². The van der Waals surface area contributed by atoms with Gasteiger partial charge in [-0.15, -0.1) is 18.9 Å². The van der Waals surface area contributed by atoms with Crippen LogP contribution in [-0.2, 0) is 12.8 Å². The molecule has 0 saturated carbocycles. The number of benzene rings is 2. The minimum atomic E-state index is -0.0191. The standard InChI is InChI=1S/C16H14O.C3H6/c1-11(17)9-12-6-4-8-15-14-7-3-2-5-13(14)10-16(12)15;1-3-2/h2-8,17H,1,9-10H2;3H,1H2,2H3/p-1. The van der Waals surface area contributed by atoms with E-state index in [0.29, 0.717) is 6.42 Å². The average Bonchev–Trinajstić information content (AvgIpc) is 2.79. The van der Waals surface area contributed by atoms with Crippen LogP contribution in [0.25, 0.3) is 11.1 Å². The summed E-state index contributed by atoms with van der Waals surface area (Å²) in [5.74, 6) is -0.0191. The number of hydrogen-bond donors (Lipinski definition) is 0. The monoisotopic (exact) mass is 263 g/mol. The fourth-order valence-electron chi connectivity index (χ4n) is 2.60. The van der Waals surface area contributed by atoms with Gasteiger partial charge in [-0.25, -0.2) is 0 Å². The Hall–Kier alpha value is -2.28. The van der Waals surface area contributed by atoms with Crippen LogP contribution in [0.4, 0.5) is 0 Å². The lowest BCUT2D eigenvalue weighted by Gasteiger charge is -2.13. The highest BCUT2D eigenvalue weighted by Gasteiger charge is 2.19. The molecule has 0 saturated heterocycles. The molecule has 0 N–H and O–H groups in total. The van der Waals surface area contributed by atoms with E-state index in [0.717, 1.165) is 12.0 Å². The van der Waals surface area contributed by atoms with Crippen LogP contribution in [-0.4, -0.2) is 0 Å². The van der Waals surface area contributed by atoms with E-state index in [1.165, 1.54) is 22.3 Å². The molecule has 102 valence electrons. The second kappa shape index (κ2) is 6.25. The van der Waals surface area contributed by atoms with Gasteiger partial charge in [-0.3, -0.25) is 0 Å². The molecule has 0 radical (unpaired) electrons. The molecule has 0 bridgehead atoms. The van der Waals surface area contributed by atoms with Crippen molar-refractivity contribution < 1.29 is 5.11 Å². The molecule has 1 heteroatoms. The van der Waals surface area contributed by atoms with Crippen molar-refractivity contribution in [3.8, 4) is 11.1 Å². The number of rotatable bonds is 2. The van der Waals surface area contributed by atoms with Crippen LogP contribution in [0, 0.1) is 0 Å². The van der Waals surface area contributed by atoms with Crippen molar-refractivity contribution in [2.45, 2.75) is 19.8 Å². The molecule has 2 aromatic rings. The lowest BCUT2D eigenvalue weighted by molar-refractivity contribution is -0.304. The molecule has 0 fully saturated rings. The van der Waals surface area contributed by atoms with E-state index in [1.807, 2.05) is 19.1 Å². The maximum atomic E-state index is 11.2. The quantitative estimate of drug-likeness (QED) is 0.508. The van der Waals surface area contributed by atoms with Crippen molar-refractivity contribution >= 4 is 0 Å². The Kier molecular flexibility index (Phi) is 4.41. The van der Waals surface area contributed by atoms with E-state index in [-0.39, 0.29) is 5.76 Å². The van der Waals surface area contributed by atoms with E-state index in [1.54, 1.807) is 6.08 Å². The minimum absolute atomic E-state index is 0.0191. The van der Waals surface area contributed by atoms with Crippen LogP contribution in [0.2, 0.25) is 0 Å². The SMILES string of the molecule is C=C([O-])Cc1cccc2c1Cc1ccccc1-2.C=CC. The molecule has 0 aromatic heterocycles. The fraction of sp³-hybridized carbons (Fsp3) is 0.158. The highest BCUT2D eigenvalue weighted by atomic mass is 16.3. The van der Waals surface area contributed by atoms with E-state index in [4.69, 9.17) is 0 Å². The molecule has 0 heterocycles. The van der Waals surface area contributed by atoms with E-state index < -0.39 is 0 Å². The molecule has 1 aliphatic carbocycles. The van der Waals surface area contributed by atoms with Gasteiger partial charge in [0.25, 0.3) is 0 Å². The predicted molar refractivity (Wildman–Crippen MR) is 83.4 cm³/mol. The average molecular weight is 263 g/mol. The summed E-state index contributed by atoms with van der Waals surface area (Å²) in [6.07, 6.45) is 3.13. The van der Waals surface area contributed by atoms with Crippen molar-refractivity contribution in [3.05, 3.63) is 84.1 Å². The summed E-state index contributed by atoms with van der Waals surface area (Å²) in [5, 5.41) is 11.2. The van der Waals surface area contributed by atoms with Crippen molar-refractivity contribution in [2.75, 3.05) is 0 Å². The molecule has 0 aliphatic heterocycles. The van der Waals surface area contributed by atoms with Crippen LogP contribution >= 0.6 is 0 Å². The first kappa shape index (κ1) is 14.1. The van der Waals surface area contributed by atoms with Gasteiger partial charge in [0.05, 0.1) is 0 Å². The molecule has 3 rings (SSSR count). The van der Waals surface area contributed by atoms with Crippen molar-refractivity contribution in [2.24, 2.45) is 0 Å². The molecule has 1 aliphatic rings. The lowest BCUT2D eigenvalue weighted by atomic mass is 9.99. The minimum Gasteiger partial charge on any atom is -0.876 e.